The second-order valence-electron chi connectivity index (χ2n) is 11.2. The summed E-state index contributed by atoms with van der Waals surface area (Å²) in [5.74, 6) is 0.708. The first-order valence-corrected chi connectivity index (χ1v) is 15.2. The second kappa shape index (κ2) is 11.6. The summed E-state index contributed by atoms with van der Waals surface area (Å²) in [5, 5.41) is 2.40. The maximum atomic E-state index is 5.09. The molecule has 0 radical (unpaired) electrons. The predicted octanol–water partition coefficient (Wildman–Crippen LogP) is 11.0. The van der Waals surface area contributed by atoms with Crippen LogP contribution in [0.15, 0.2) is 170 Å². The predicted molar refractivity (Wildman–Crippen MR) is 187 cm³/mol. The largest absolute Gasteiger partial charge is 0.361 e. The lowest BCUT2D eigenvalue weighted by molar-refractivity contribution is 1.18. The molecule has 8 aromatic rings. The monoisotopic (exact) mass is 575 g/mol. The molecule has 0 saturated carbocycles. The normalized spacial score (nSPS) is 11.1. The molecule has 3 nitrogen and oxygen atoms in total. The van der Waals surface area contributed by atoms with Crippen molar-refractivity contribution < 1.29 is 0 Å². The summed E-state index contributed by atoms with van der Waals surface area (Å²) in [7, 11) is 0. The Labute approximate surface area is 262 Å². The molecule has 0 saturated heterocycles. The van der Waals surface area contributed by atoms with Crippen LogP contribution in [0.4, 0.5) is 0 Å². The van der Waals surface area contributed by atoms with Gasteiger partial charge in [0.25, 0.3) is 0 Å². The number of aromatic amines is 1. The molecule has 1 N–H and O–H groups in total. The van der Waals surface area contributed by atoms with Crippen molar-refractivity contribution in [2.45, 2.75) is 0 Å². The Morgan fingerprint density at radius 2 is 0.844 bits per heavy atom. The van der Waals surface area contributed by atoms with E-state index in [-0.39, 0.29) is 0 Å². The Balaban J connectivity index is 1.17. The first-order chi connectivity index (χ1) is 22.3. The van der Waals surface area contributed by atoms with Crippen molar-refractivity contribution in [2.24, 2.45) is 0 Å². The molecule has 6 aromatic carbocycles. The molecule has 2 heterocycles. The zero-order chi connectivity index (χ0) is 30.0. The summed E-state index contributed by atoms with van der Waals surface area (Å²) in [5.41, 5.74) is 11.9. The van der Waals surface area contributed by atoms with Gasteiger partial charge in [-0.25, -0.2) is 9.97 Å². The minimum atomic E-state index is 0.708. The van der Waals surface area contributed by atoms with Crippen LogP contribution in [0.25, 0.3) is 78.2 Å². The number of hydrogen-bond acceptors (Lipinski definition) is 2. The smallest absolute Gasteiger partial charge is 0.160 e. The van der Waals surface area contributed by atoms with E-state index >= 15 is 0 Å². The average molecular weight is 576 g/mol. The van der Waals surface area contributed by atoms with Crippen LogP contribution in [0.3, 0.4) is 0 Å². The van der Waals surface area contributed by atoms with Crippen LogP contribution < -0.4 is 0 Å². The van der Waals surface area contributed by atoms with Gasteiger partial charge in [0.05, 0.1) is 11.4 Å². The van der Waals surface area contributed by atoms with Crippen LogP contribution >= 0.6 is 0 Å². The standard InChI is InChI=1S/C42H29N3/c1-2-7-29(8-3-1)31-16-23-36(24-17-31)42-44-40(28-41(45-42)38-25-18-30-9-4-5-10-37(30)27-38)35-21-14-33(15-22-35)32-12-19-34(20-13-32)39-11-6-26-43-39/h1-28,43H. The van der Waals surface area contributed by atoms with E-state index in [0.717, 1.165) is 39.3 Å². The molecule has 0 fully saturated rings. The molecule has 212 valence electrons. The molecule has 0 aliphatic heterocycles. The number of fused-ring (bicyclic) bond motifs is 1. The lowest BCUT2D eigenvalue weighted by Crippen LogP contribution is -1.96. The number of nitrogens with zero attached hydrogens (tertiary/aromatic N) is 2. The lowest BCUT2D eigenvalue weighted by Gasteiger charge is -2.11. The fourth-order valence-corrected chi connectivity index (χ4v) is 5.85. The van der Waals surface area contributed by atoms with E-state index in [1.807, 2.05) is 18.3 Å². The molecule has 0 bridgehead atoms. The Bertz CT molecular complexity index is 2220. The molecule has 0 amide bonds. The fraction of sp³-hybridized carbons (Fsp3) is 0. The van der Waals surface area contributed by atoms with Crippen LogP contribution in [0.5, 0.6) is 0 Å². The number of benzene rings is 6. The Morgan fingerprint density at radius 3 is 1.49 bits per heavy atom. The summed E-state index contributed by atoms with van der Waals surface area (Å²) in [6.07, 6.45) is 1.95. The SMILES string of the molecule is c1ccc(-c2ccc(-c3nc(-c4ccc(-c5ccc(-c6ccc[nH]6)cc5)cc4)cc(-c4ccc5ccccc5c4)n3)cc2)cc1. The molecule has 45 heavy (non-hydrogen) atoms. The molecular weight excluding hydrogens is 546 g/mol. The summed E-state index contributed by atoms with van der Waals surface area (Å²) >= 11 is 0. The van der Waals surface area contributed by atoms with Gasteiger partial charge in [0.1, 0.15) is 0 Å². The molecule has 0 aliphatic rings. The van der Waals surface area contributed by atoms with Crippen LogP contribution in [0, 0.1) is 0 Å². The quantitative estimate of drug-likeness (QED) is 0.214. The van der Waals surface area contributed by atoms with Crippen molar-refractivity contribution in [3.63, 3.8) is 0 Å². The summed E-state index contributed by atoms with van der Waals surface area (Å²) in [4.78, 5) is 13.5. The zero-order valence-corrected chi connectivity index (χ0v) is 24.6. The molecule has 0 unspecified atom stereocenters. The van der Waals surface area contributed by atoms with Gasteiger partial charge < -0.3 is 4.98 Å². The van der Waals surface area contributed by atoms with Gasteiger partial charge in [0.15, 0.2) is 5.82 Å². The van der Waals surface area contributed by atoms with Gasteiger partial charge >= 0.3 is 0 Å². The van der Waals surface area contributed by atoms with Gasteiger partial charge in [-0.2, -0.15) is 0 Å². The van der Waals surface area contributed by atoms with Gasteiger partial charge in [-0.1, -0.05) is 140 Å². The van der Waals surface area contributed by atoms with Crippen molar-refractivity contribution in [2.75, 3.05) is 0 Å². The van der Waals surface area contributed by atoms with E-state index in [4.69, 9.17) is 9.97 Å². The molecule has 0 aliphatic carbocycles. The van der Waals surface area contributed by atoms with E-state index in [9.17, 15) is 0 Å². The van der Waals surface area contributed by atoms with Gasteiger partial charge in [-0.05, 0) is 62.9 Å². The van der Waals surface area contributed by atoms with E-state index in [1.165, 1.54) is 33.0 Å². The summed E-state index contributed by atoms with van der Waals surface area (Å²) in [6, 6.07) is 57.4. The zero-order valence-electron chi connectivity index (χ0n) is 24.6. The fourth-order valence-electron chi connectivity index (χ4n) is 5.85. The average Bonchev–Trinajstić information content (AvgIpc) is 3.67. The van der Waals surface area contributed by atoms with Gasteiger partial charge in [-0.3, -0.25) is 0 Å². The van der Waals surface area contributed by atoms with Gasteiger partial charge in [-0.15, -0.1) is 0 Å². The highest BCUT2D eigenvalue weighted by atomic mass is 14.9. The van der Waals surface area contributed by atoms with Crippen LogP contribution in [0.2, 0.25) is 0 Å². The molecule has 8 rings (SSSR count). The molecule has 2 aromatic heterocycles. The Kier molecular flexibility index (Phi) is 6.82. The summed E-state index contributed by atoms with van der Waals surface area (Å²) < 4.78 is 0. The minimum Gasteiger partial charge on any atom is -0.361 e. The minimum absolute atomic E-state index is 0.708. The highest BCUT2D eigenvalue weighted by Gasteiger charge is 2.12. The lowest BCUT2D eigenvalue weighted by atomic mass is 9.99. The number of aromatic nitrogens is 3. The number of H-pyrrole nitrogens is 1. The van der Waals surface area contributed by atoms with E-state index in [2.05, 4.69) is 157 Å². The van der Waals surface area contributed by atoms with Crippen molar-refractivity contribution >= 4 is 10.8 Å². The van der Waals surface area contributed by atoms with Gasteiger partial charge in [0.2, 0.25) is 0 Å². The molecule has 0 atom stereocenters. The third-order valence-electron chi connectivity index (χ3n) is 8.33. The highest BCUT2D eigenvalue weighted by Crippen LogP contribution is 2.32. The molecular formula is C42H29N3. The first-order valence-electron chi connectivity index (χ1n) is 15.2. The van der Waals surface area contributed by atoms with Crippen LogP contribution in [-0.2, 0) is 0 Å². The first kappa shape index (κ1) is 26.6. The Hall–Kier alpha value is -6.06. The van der Waals surface area contributed by atoms with E-state index in [0.29, 0.717) is 5.82 Å². The Morgan fingerprint density at radius 1 is 0.333 bits per heavy atom. The maximum Gasteiger partial charge on any atom is 0.160 e. The van der Waals surface area contributed by atoms with E-state index in [1.54, 1.807) is 0 Å². The number of nitrogens with one attached hydrogen (secondary N) is 1. The molecule has 3 heteroatoms. The number of rotatable bonds is 6. The summed E-state index contributed by atoms with van der Waals surface area (Å²) in [6.45, 7) is 0. The van der Waals surface area contributed by atoms with Crippen molar-refractivity contribution in [3.8, 4) is 67.4 Å². The second-order valence-corrected chi connectivity index (χ2v) is 11.2. The van der Waals surface area contributed by atoms with E-state index < -0.39 is 0 Å². The van der Waals surface area contributed by atoms with Crippen LogP contribution in [-0.4, -0.2) is 15.0 Å². The molecule has 0 spiro atoms. The van der Waals surface area contributed by atoms with Crippen molar-refractivity contribution in [1.82, 2.24) is 15.0 Å². The third kappa shape index (κ3) is 5.44. The highest BCUT2D eigenvalue weighted by molar-refractivity contribution is 5.87. The maximum absolute atomic E-state index is 5.09. The van der Waals surface area contributed by atoms with Crippen molar-refractivity contribution in [1.29, 1.82) is 0 Å². The van der Waals surface area contributed by atoms with Crippen LogP contribution in [0.1, 0.15) is 0 Å². The topological polar surface area (TPSA) is 41.6 Å². The number of hydrogen-bond donors (Lipinski definition) is 1. The van der Waals surface area contributed by atoms with Gasteiger partial charge in [0, 0.05) is 28.6 Å². The van der Waals surface area contributed by atoms with Crippen molar-refractivity contribution in [3.05, 3.63) is 170 Å². The third-order valence-corrected chi connectivity index (χ3v) is 8.33.